The first-order valence-electron chi connectivity index (χ1n) is 8.96. The lowest BCUT2D eigenvalue weighted by Crippen LogP contribution is -2.20. The van der Waals surface area contributed by atoms with E-state index in [9.17, 15) is 9.90 Å². The highest BCUT2D eigenvalue weighted by Gasteiger charge is 2.21. The van der Waals surface area contributed by atoms with E-state index in [0.29, 0.717) is 12.1 Å². The zero-order chi connectivity index (χ0) is 18.3. The van der Waals surface area contributed by atoms with Crippen LogP contribution >= 0.6 is 0 Å². The van der Waals surface area contributed by atoms with Crippen LogP contribution in [0.15, 0.2) is 35.3 Å². The molecule has 1 aliphatic rings. The van der Waals surface area contributed by atoms with Crippen molar-refractivity contribution >= 4 is 11.0 Å². The molecule has 1 atom stereocenters. The highest BCUT2D eigenvalue weighted by atomic mass is 16.5. The Morgan fingerprint density at radius 1 is 1.35 bits per heavy atom. The topological polar surface area (TPSA) is 69.3 Å². The molecule has 0 radical (unpaired) electrons. The maximum atomic E-state index is 12.1. The maximum absolute atomic E-state index is 12.1. The summed E-state index contributed by atoms with van der Waals surface area (Å²) in [7, 11) is 1.76. The molecule has 3 heterocycles. The third kappa shape index (κ3) is 2.95. The van der Waals surface area contributed by atoms with Crippen LogP contribution in [0.3, 0.4) is 0 Å². The fourth-order valence-corrected chi connectivity index (χ4v) is 3.66. The van der Waals surface area contributed by atoms with Gasteiger partial charge < -0.3 is 19.0 Å². The van der Waals surface area contributed by atoms with Gasteiger partial charge in [0.2, 0.25) is 0 Å². The molecule has 1 N–H and O–H groups in total. The number of nitrogens with zero attached hydrogens (tertiary/aromatic N) is 3. The molecule has 0 aliphatic carbocycles. The Morgan fingerprint density at radius 3 is 2.88 bits per heavy atom. The van der Waals surface area contributed by atoms with Crippen molar-refractivity contribution in [2.75, 3.05) is 6.61 Å². The Labute approximate surface area is 151 Å². The lowest BCUT2D eigenvalue weighted by molar-refractivity contribution is 0.0982. The van der Waals surface area contributed by atoms with Crippen molar-refractivity contribution in [3.8, 4) is 11.4 Å². The smallest absolute Gasteiger partial charge is 0.253 e. The number of rotatable bonds is 4. The van der Waals surface area contributed by atoms with Crippen LogP contribution in [0.5, 0.6) is 0 Å². The number of aryl methyl sites for hydroxylation is 2. The van der Waals surface area contributed by atoms with Gasteiger partial charge in [0, 0.05) is 31.0 Å². The predicted molar refractivity (Wildman–Crippen MR) is 100 cm³/mol. The molecule has 0 amide bonds. The maximum Gasteiger partial charge on any atom is 0.253 e. The van der Waals surface area contributed by atoms with Gasteiger partial charge in [0.1, 0.15) is 5.82 Å². The zero-order valence-electron chi connectivity index (χ0n) is 15.1. The van der Waals surface area contributed by atoms with Crippen LogP contribution in [-0.4, -0.2) is 31.9 Å². The number of hydrogen-bond acceptors (Lipinski definition) is 4. The SMILES string of the molecule is Cc1cc(-c2nc3ccc(CO)cc3n2C[C@@H]2CCCO2)cn(C)c1=O. The highest BCUT2D eigenvalue weighted by molar-refractivity contribution is 5.81. The molecular weight excluding hydrogens is 330 g/mol. The van der Waals surface area contributed by atoms with Crippen molar-refractivity contribution in [2.45, 2.75) is 39.0 Å². The average Bonchev–Trinajstić information content (AvgIpc) is 3.27. The van der Waals surface area contributed by atoms with E-state index < -0.39 is 0 Å². The lowest BCUT2D eigenvalue weighted by Gasteiger charge is -2.15. The summed E-state index contributed by atoms with van der Waals surface area (Å²) in [5.74, 6) is 0.823. The van der Waals surface area contributed by atoms with E-state index in [0.717, 1.165) is 47.4 Å². The zero-order valence-corrected chi connectivity index (χ0v) is 15.1. The summed E-state index contributed by atoms with van der Waals surface area (Å²) in [4.78, 5) is 16.9. The quantitative estimate of drug-likeness (QED) is 0.782. The van der Waals surface area contributed by atoms with E-state index in [4.69, 9.17) is 9.72 Å². The second-order valence-electron chi connectivity index (χ2n) is 6.99. The van der Waals surface area contributed by atoms with Gasteiger partial charge in [-0.05, 0) is 43.5 Å². The molecule has 0 unspecified atom stereocenters. The Hall–Kier alpha value is -2.44. The van der Waals surface area contributed by atoms with E-state index in [1.807, 2.05) is 37.4 Å². The normalized spacial score (nSPS) is 17.3. The summed E-state index contributed by atoms with van der Waals surface area (Å²) in [6, 6.07) is 7.70. The molecule has 1 saturated heterocycles. The van der Waals surface area contributed by atoms with Crippen LogP contribution in [0.4, 0.5) is 0 Å². The summed E-state index contributed by atoms with van der Waals surface area (Å²) in [5, 5.41) is 9.51. The van der Waals surface area contributed by atoms with Gasteiger partial charge in [-0.1, -0.05) is 6.07 Å². The number of hydrogen-bond donors (Lipinski definition) is 1. The van der Waals surface area contributed by atoms with E-state index >= 15 is 0 Å². The van der Waals surface area contributed by atoms with Crippen molar-refractivity contribution in [3.05, 3.63) is 51.9 Å². The first-order valence-corrected chi connectivity index (χ1v) is 8.96. The summed E-state index contributed by atoms with van der Waals surface area (Å²) >= 11 is 0. The molecule has 1 aliphatic heterocycles. The van der Waals surface area contributed by atoms with Crippen LogP contribution in [0.1, 0.15) is 24.0 Å². The first kappa shape index (κ1) is 17.0. The minimum absolute atomic E-state index is 0.00176. The van der Waals surface area contributed by atoms with E-state index in [1.54, 1.807) is 11.6 Å². The van der Waals surface area contributed by atoms with Crippen molar-refractivity contribution in [3.63, 3.8) is 0 Å². The standard InChI is InChI=1S/C20H23N3O3/c1-13-8-15(10-22(2)20(13)25)19-21-17-6-5-14(12-24)9-18(17)23(19)11-16-4-3-7-26-16/h5-6,8-10,16,24H,3-4,7,11-12H2,1-2H3/t16-/m0/s1. The Balaban J connectivity index is 1.91. The Morgan fingerprint density at radius 2 is 2.19 bits per heavy atom. The van der Waals surface area contributed by atoms with Gasteiger partial charge in [0.25, 0.3) is 5.56 Å². The minimum Gasteiger partial charge on any atom is -0.392 e. The largest absolute Gasteiger partial charge is 0.392 e. The third-order valence-corrected chi connectivity index (χ3v) is 5.03. The lowest BCUT2D eigenvalue weighted by atomic mass is 10.2. The fourth-order valence-electron chi connectivity index (χ4n) is 3.66. The van der Waals surface area contributed by atoms with Crippen molar-refractivity contribution in [1.82, 2.24) is 14.1 Å². The summed E-state index contributed by atoms with van der Waals surface area (Å²) in [5.41, 5.74) is 4.31. The molecule has 3 aromatic rings. The number of ether oxygens (including phenoxy) is 1. The van der Waals surface area contributed by atoms with Crippen LogP contribution < -0.4 is 5.56 Å². The van der Waals surface area contributed by atoms with Crippen molar-refractivity contribution in [2.24, 2.45) is 7.05 Å². The van der Waals surface area contributed by atoms with E-state index in [1.165, 1.54) is 0 Å². The third-order valence-electron chi connectivity index (χ3n) is 5.03. The monoisotopic (exact) mass is 353 g/mol. The van der Waals surface area contributed by atoms with Gasteiger partial charge in [-0.15, -0.1) is 0 Å². The summed E-state index contributed by atoms with van der Waals surface area (Å²) in [6.07, 6.45) is 4.10. The van der Waals surface area contributed by atoms with Gasteiger partial charge >= 0.3 is 0 Å². The molecular formula is C20H23N3O3. The molecule has 26 heavy (non-hydrogen) atoms. The first-order chi connectivity index (χ1) is 12.6. The second kappa shape index (κ2) is 6.70. The molecule has 6 heteroatoms. The minimum atomic E-state index is -0.00463. The molecule has 0 saturated carbocycles. The number of aliphatic hydroxyl groups is 1. The molecule has 0 bridgehead atoms. The molecule has 136 valence electrons. The number of aromatic nitrogens is 3. The summed E-state index contributed by atoms with van der Waals surface area (Å²) in [6.45, 7) is 3.33. The second-order valence-corrected chi connectivity index (χ2v) is 6.99. The molecule has 1 aromatic carbocycles. The van der Waals surface area contributed by atoms with Crippen LogP contribution in [-0.2, 0) is 24.9 Å². The number of benzene rings is 1. The van der Waals surface area contributed by atoms with Crippen LogP contribution in [0, 0.1) is 6.92 Å². The van der Waals surface area contributed by atoms with E-state index in [-0.39, 0.29) is 18.3 Å². The highest BCUT2D eigenvalue weighted by Crippen LogP contribution is 2.28. The number of aliphatic hydroxyl groups excluding tert-OH is 1. The molecule has 0 spiro atoms. The molecule has 1 fully saturated rings. The molecule has 2 aromatic heterocycles. The average molecular weight is 353 g/mol. The Bertz CT molecular complexity index is 987. The van der Waals surface area contributed by atoms with E-state index in [2.05, 4.69) is 4.57 Å². The fraction of sp³-hybridized carbons (Fsp3) is 0.400. The van der Waals surface area contributed by atoms with Gasteiger partial charge in [-0.2, -0.15) is 0 Å². The van der Waals surface area contributed by atoms with Gasteiger partial charge in [0.05, 0.1) is 30.3 Å². The van der Waals surface area contributed by atoms with Crippen LogP contribution in [0.25, 0.3) is 22.4 Å². The Kier molecular flexibility index (Phi) is 4.38. The van der Waals surface area contributed by atoms with Crippen molar-refractivity contribution in [1.29, 1.82) is 0 Å². The number of fused-ring (bicyclic) bond motifs is 1. The van der Waals surface area contributed by atoms with Gasteiger partial charge in [-0.3, -0.25) is 4.79 Å². The molecule has 4 rings (SSSR count). The predicted octanol–water partition coefficient (Wildman–Crippen LogP) is 2.38. The number of imidazole rings is 1. The number of pyridine rings is 1. The summed E-state index contributed by atoms with van der Waals surface area (Å²) < 4.78 is 9.59. The van der Waals surface area contributed by atoms with Gasteiger partial charge in [0.15, 0.2) is 0 Å². The van der Waals surface area contributed by atoms with Crippen LogP contribution in [0.2, 0.25) is 0 Å². The molecule has 6 nitrogen and oxygen atoms in total. The van der Waals surface area contributed by atoms with Crippen molar-refractivity contribution < 1.29 is 9.84 Å². The van der Waals surface area contributed by atoms with Gasteiger partial charge in [-0.25, -0.2) is 4.98 Å².